The maximum atomic E-state index is 12.2. The highest BCUT2D eigenvalue weighted by atomic mass is 16.5. The van der Waals surface area contributed by atoms with E-state index in [-0.39, 0.29) is 5.91 Å². The Morgan fingerprint density at radius 1 is 1.39 bits per heavy atom. The second-order valence-corrected chi connectivity index (χ2v) is 4.29. The third kappa shape index (κ3) is 1.91. The predicted molar refractivity (Wildman–Crippen MR) is 67.2 cm³/mol. The van der Waals surface area contributed by atoms with Gasteiger partial charge in [-0.2, -0.15) is 0 Å². The fourth-order valence-electron chi connectivity index (χ4n) is 2.08. The quantitative estimate of drug-likeness (QED) is 0.772. The highest BCUT2D eigenvalue weighted by Crippen LogP contribution is 2.17. The van der Waals surface area contributed by atoms with Gasteiger partial charge in [-0.1, -0.05) is 0 Å². The molecule has 94 valence electrons. The molecular weight excluding hydrogens is 232 g/mol. The number of ether oxygens (including phenoxy) is 1. The number of amides is 1. The topological polar surface area (TPSA) is 84.2 Å². The molecule has 18 heavy (non-hydrogen) atoms. The number of pyridine rings is 1. The number of hydrogen-bond acceptors (Lipinski definition) is 4. The zero-order valence-corrected chi connectivity index (χ0v) is 9.85. The van der Waals surface area contributed by atoms with Crippen molar-refractivity contribution in [2.75, 3.05) is 32.0 Å². The number of hydrogen-bond donors (Lipinski definition) is 2. The zero-order valence-electron chi connectivity index (χ0n) is 9.85. The molecule has 1 fully saturated rings. The smallest absolute Gasteiger partial charge is 0.270 e. The highest BCUT2D eigenvalue weighted by molar-refractivity contribution is 5.97. The minimum Gasteiger partial charge on any atom is -0.397 e. The fourth-order valence-corrected chi connectivity index (χ4v) is 2.08. The molecule has 0 spiro atoms. The van der Waals surface area contributed by atoms with Crippen molar-refractivity contribution < 1.29 is 9.53 Å². The molecule has 1 saturated heterocycles. The van der Waals surface area contributed by atoms with Crippen LogP contribution in [-0.4, -0.2) is 47.1 Å². The lowest BCUT2D eigenvalue weighted by Crippen LogP contribution is -2.40. The second kappa shape index (κ2) is 4.30. The van der Waals surface area contributed by atoms with E-state index >= 15 is 0 Å². The van der Waals surface area contributed by atoms with E-state index in [4.69, 9.17) is 10.5 Å². The molecule has 1 aliphatic heterocycles. The largest absolute Gasteiger partial charge is 0.397 e. The van der Waals surface area contributed by atoms with Gasteiger partial charge in [-0.3, -0.25) is 4.79 Å². The Labute approximate surface area is 104 Å². The lowest BCUT2D eigenvalue weighted by atomic mass is 10.3. The van der Waals surface area contributed by atoms with Gasteiger partial charge in [-0.05, 0) is 12.1 Å². The van der Waals surface area contributed by atoms with Crippen LogP contribution in [0, 0.1) is 0 Å². The van der Waals surface area contributed by atoms with E-state index in [1.807, 2.05) is 0 Å². The predicted octanol–water partition coefficient (Wildman–Crippen LogP) is 0.617. The number of morpholine rings is 1. The van der Waals surface area contributed by atoms with E-state index in [0.29, 0.717) is 43.3 Å². The van der Waals surface area contributed by atoms with Gasteiger partial charge in [-0.15, -0.1) is 0 Å². The molecule has 6 nitrogen and oxygen atoms in total. The molecule has 0 radical (unpaired) electrons. The number of nitrogen functional groups attached to an aromatic ring is 1. The van der Waals surface area contributed by atoms with Crippen LogP contribution in [0.5, 0.6) is 0 Å². The molecule has 2 aromatic heterocycles. The van der Waals surface area contributed by atoms with Crippen molar-refractivity contribution in [3.63, 3.8) is 0 Å². The van der Waals surface area contributed by atoms with Crippen molar-refractivity contribution in [2.24, 2.45) is 0 Å². The van der Waals surface area contributed by atoms with Crippen molar-refractivity contribution in [3.8, 4) is 0 Å². The van der Waals surface area contributed by atoms with Crippen LogP contribution >= 0.6 is 0 Å². The number of aromatic nitrogens is 2. The lowest BCUT2D eigenvalue weighted by Gasteiger charge is -2.26. The number of rotatable bonds is 1. The van der Waals surface area contributed by atoms with Crippen molar-refractivity contribution in [3.05, 3.63) is 24.0 Å². The fraction of sp³-hybridized carbons (Fsp3) is 0.333. The third-order valence-corrected chi connectivity index (χ3v) is 3.02. The molecule has 6 heteroatoms. The maximum Gasteiger partial charge on any atom is 0.270 e. The average molecular weight is 246 g/mol. The Kier molecular flexibility index (Phi) is 2.64. The summed E-state index contributed by atoms with van der Waals surface area (Å²) in [5, 5.41) is 0.853. The normalized spacial score (nSPS) is 16.1. The monoisotopic (exact) mass is 246 g/mol. The van der Waals surface area contributed by atoms with E-state index in [2.05, 4.69) is 9.97 Å². The molecule has 2 aromatic rings. The van der Waals surface area contributed by atoms with Gasteiger partial charge in [-0.25, -0.2) is 4.98 Å². The van der Waals surface area contributed by atoms with E-state index in [1.54, 1.807) is 23.2 Å². The van der Waals surface area contributed by atoms with Gasteiger partial charge in [0.15, 0.2) is 0 Å². The molecule has 0 atom stereocenters. The Hall–Kier alpha value is -2.08. The van der Waals surface area contributed by atoms with Gasteiger partial charge in [0.05, 0.1) is 25.1 Å². The summed E-state index contributed by atoms with van der Waals surface area (Å²) in [6.07, 6.45) is 1.57. The lowest BCUT2D eigenvalue weighted by molar-refractivity contribution is 0.0299. The first-order chi connectivity index (χ1) is 8.74. The number of nitrogens with zero attached hydrogens (tertiary/aromatic N) is 2. The summed E-state index contributed by atoms with van der Waals surface area (Å²) in [7, 11) is 0. The van der Waals surface area contributed by atoms with Crippen molar-refractivity contribution >= 4 is 22.6 Å². The first-order valence-electron chi connectivity index (χ1n) is 5.85. The Morgan fingerprint density at radius 3 is 2.94 bits per heavy atom. The Balaban J connectivity index is 1.91. The van der Waals surface area contributed by atoms with Crippen molar-refractivity contribution in [1.29, 1.82) is 0 Å². The molecule has 0 bridgehead atoms. The van der Waals surface area contributed by atoms with Gasteiger partial charge in [0.2, 0.25) is 0 Å². The SMILES string of the molecule is Nc1cnc2[nH]c(C(=O)N3CCOCC3)cc2c1. The number of H-pyrrole nitrogens is 1. The summed E-state index contributed by atoms with van der Waals surface area (Å²) in [5.41, 5.74) is 7.48. The van der Waals surface area contributed by atoms with Crippen LogP contribution in [0.1, 0.15) is 10.5 Å². The van der Waals surface area contributed by atoms with Crippen LogP contribution in [0.15, 0.2) is 18.3 Å². The van der Waals surface area contributed by atoms with Gasteiger partial charge >= 0.3 is 0 Å². The summed E-state index contributed by atoms with van der Waals surface area (Å²) in [4.78, 5) is 21.2. The summed E-state index contributed by atoms with van der Waals surface area (Å²) >= 11 is 0. The van der Waals surface area contributed by atoms with Crippen LogP contribution in [0.3, 0.4) is 0 Å². The van der Waals surface area contributed by atoms with Crippen LogP contribution in [-0.2, 0) is 4.74 Å². The van der Waals surface area contributed by atoms with Gasteiger partial charge in [0, 0.05) is 18.5 Å². The second-order valence-electron chi connectivity index (χ2n) is 4.29. The molecule has 0 unspecified atom stereocenters. The molecule has 3 heterocycles. The number of nitrogens with two attached hydrogens (primary N) is 1. The summed E-state index contributed by atoms with van der Waals surface area (Å²) in [6.45, 7) is 2.45. The Bertz CT molecular complexity index is 587. The molecule has 1 aliphatic rings. The van der Waals surface area contributed by atoms with Gasteiger partial charge < -0.3 is 20.4 Å². The highest BCUT2D eigenvalue weighted by Gasteiger charge is 2.20. The number of carbonyl (C=O) groups excluding carboxylic acids is 1. The molecule has 1 amide bonds. The molecular formula is C12H14N4O2. The summed E-state index contributed by atoms with van der Waals surface area (Å²) < 4.78 is 5.23. The van der Waals surface area contributed by atoms with Crippen molar-refractivity contribution in [1.82, 2.24) is 14.9 Å². The van der Waals surface area contributed by atoms with Crippen LogP contribution in [0.4, 0.5) is 5.69 Å². The van der Waals surface area contributed by atoms with E-state index in [1.165, 1.54) is 0 Å². The first-order valence-corrected chi connectivity index (χ1v) is 5.85. The standard InChI is InChI=1S/C12H14N4O2/c13-9-5-8-6-10(15-11(8)14-7-9)12(17)16-1-3-18-4-2-16/h5-7H,1-4,13H2,(H,14,15). The van der Waals surface area contributed by atoms with E-state index in [0.717, 1.165) is 5.39 Å². The molecule has 0 aliphatic carbocycles. The first kappa shape index (κ1) is 11.0. The zero-order chi connectivity index (χ0) is 12.5. The van der Waals surface area contributed by atoms with E-state index in [9.17, 15) is 4.79 Å². The number of fused-ring (bicyclic) bond motifs is 1. The third-order valence-electron chi connectivity index (χ3n) is 3.02. The van der Waals surface area contributed by atoms with Gasteiger partial charge in [0.1, 0.15) is 11.3 Å². The Morgan fingerprint density at radius 2 is 2.17 bits per heavy atom. The number of anilines is 1. The van der Waals surface area contributed by atoms with E-state index < -0.39 is 0 Å². The summed E-state index contributed by atoms with van der Waals surface area (Å²) in [5.74, 6) is -0.0186. The average Bonchev–Trinajstić information content (AvgIpc) is 2.81. The number of nitrogens with one attached hydrogen (secondary N) is 1. The van der Waals surface area contributed by atoms with Crippen LogP contribution in [0.25, 0.3) is 11.0 Å². The van der Waals surface area contributed by atoms with Crippen LogP contribution < -0.4 is 5.73 Å². The molecule has 0 saturated carbocycles. The van der Waals surface area contributed by atoms with Crippen molar-refractivity contribution in [2.45, 2.75) is 0 Å². The summed E-state index contributed by atoms with van der Waals surface area (Å²) in [6, 6.07) is 3.59. The minimum atomic E-state index is -0.0186. The number of aromatic amines is 1. The minimum absolute atomic E-state index is 0.0186. The molecule has 0 aromatic carbocycles. The number of carbonyl (C=O) groups is 1. The molecule has 3 N–H and O–H groups in total. The van der Waals surface area contributed by atoms with Gasteiger partial charge in [0.25, 0.3) is 5.91 Å². The van der Waals surface area contributed by atoms with Crippen LogP contribution in [0.2, 0.25) is 0 Å². The maximum absolute atomic E-state index is 12.2. The molecule has 3 rings (SSSR count).